The van der Waals surface area contributed by atoms with Gasteiger partial charge in [-0.25, -0.2) is 8.42 Å². The number of nitrogens with two attached hydrogens (primary N) is 1. The van der Waals surface area contributed by atoms with Crippen LogP contribution < -0.4 is 5.73 Å². The van der Waals surface area contributed by atoms with Gasteiger partial charge in [0.05, 0.1) is 24.1 Å². The highest BCUT2D eigenvalue weighted by atomic mass is 32.2. The molecule has 0 radical (unpaired) electrons. The Morgan fingerprint density at radius 2 is 2.21 bits per heavy atom. The first kappa shape index (κ1) is 14.4. The van der Waals surface area contributed by atoms with E-state index in [1.165, 1.54) is 4.31 Å². The number of hydrogen-bond acceptors (Lipinski definition) is 5. The van der Waals surface area contributed by atoms with Crippen LogP contribution in [0, 0.1) is 13.8 Å². The zero-order valence-corrected chi connectivity index (χ0v) is 12.2. The van der Waals surface area contributed by atoms with Crippen molar-refractivity contribution in [3.05, 3.63) is 11.4 Å². The third-order valence-electron chi connectivity index (χ3n) is 3.30. The van der Waals surface area contributed by atoms with Crippen LogP contribution in [-0.2, 0) is 14.8 Å². The lowest BCUT2D eigenvalue weighted by Crippen LogP contribution is -2.51. The van der Waals surface area contributed by atoms with E-state index >= 15 is 0 Å². The molecule has 1 aliphatic rings. The summed E-state index contributed by atoms with van der Waals surface area (Å²) in [5.74, 6) is 0. The summed E-state index contributed by atoms with van der Waals surface area (Å²) >= 11 is 0. The van der Waals surface area contributed by atoms with E-state index in [1.54, 1.807) is 13.8 Å². The quantitative estimate of drug-likeness (QED) is 0.799. The van der Waals surface area contributed by atoms with Crippen LogP contribution in [0.5, 0.6) is 0 Å². The second-order valence-corrected chi connectivity index (χ2v) is 6.77. The van der Waals surface area contributed by atoms with Crippen molar-refractivity contribution in [3.63, 3.8) is 0 Å². The Kier molecular flexibility index (Phi) is 3.95. The summed E-state index contributed by atoms with van der Waals surface area (Å²) in [6.45, 7) is 6.19. The third kappa shape index (κ3) is 2.66. The molecule has 1 saturated heterocycles. The molecular formula is C11H20N4O3S. The molecule has 3 N–H and O–H groups in total. The van der Waals surface area contributed by atoms with Crippen LogP contribution in [0.4, 0.5) is 0 Å². The molecule has 2 rings (SSSR count). The van der Waals surface area contributed by atoms with E-state index in [1.807, 2.05) is 6.92 Å². The minimum atomic E-state index is -3.54. The Balaban J connectivity index is 2.30. The van der Waals surface area contributed by atoms with E-state index in [0.717, 1.165) is 0 Å². The molecule has 2 unspecified atom stereocenters. The number of aromatic amines is 1. The van der Waals surface area contributed by atoms with Crippen molar-refractivity contribution in [1.29, 1.82) is 0 Å². The lowest BCUT2D eigenvalue weighted by Gasteiger charge is -2.33. The standard InChI is InChI=1S/C11H20N4O3S/c1-7(12)10-6-15(4-5-18-10)19(16,17)11-8(2)13-14-9(11)3/h7,10H,4-6,12H2,1-3H3,(H,13,14). The normalized spacial score (nSPS) is 23.5. The Morgan fingerprint density at radius 3 is 2.74 bits per heavy atom. The van der Waals surface area contributed by atoms with Crippen molar-refractivity contribution in [2.45, 2.75) is 37.8 Å². The van der Waals surface area contributed by atoms with Gasteiger partial charge in [-0.05, 0) is 20.8 Å². The van der Waals surface area contributed by atoms with Gasteiger partial charge in [0, 0.05) is 19.1 Å². The molecule has 7 nitrogen and oxygen atoms in total. The molecule has 0 amide bonds. The summed E-state index contributed by atoms with van der Waals surface area (Å²) in [4.78, 5) is 0.262. The number of H-pyrrole nitrogens is 1. The van der Waals surface area contributed by atoms with Gasteiger partial charge < -0.3 is 10.5 Å². The van der Waals surface area contributed by atoms with Gasteiger partial charge in [0.25, 0.3) is 0 Å². The average molecular weight is 288 g/mol. The number of aromatic nitrogens is 2. The first-order valence-corrected chi connectivity index (χ1v) is 7.67. The first-order valence-electron chi connectivity index (χ1n) is 6.23. The van der Waals surface area contributed by atoms with Crippen LogP contribution in [-0.4, -0.2) is 54.8 Å². The van der Waals surface area contributed by atoms with E-state index in [9.17, 15) is 8.42 Å². The summed E-state index contributed by atoms with van der Waals surface area (Å²) < 4.78 is 32.2. The van der Waals surface area contributed by atoms with Gasteiger partial charge in [0.15, 0.2) is 0 Å². The maximum atomic E-state index is 12.6. The fraction of sp³-hybridized carbons (Fsp3) is 0.727. The van der Waals surface area contributed by atoms with Gasteiger partial charge in [0.1, 0.15) is 4.90 Å². The zero-order valence-electron chi connectivity index (χ0n) is 11.4. The zero-order chi connectivity index (χ0) is 14.2. The van der Waals surface area contributed by atoms with Crippen molar-refractivity contribution in [3.8, 4) is 0 Å². The van der Waals surface area contributed by atoms with Crippen LogP contribution in [0.1, 0.15) is 18.3 Å². The molecular weight excluding hydrogens is 268 g/mol. The molecule has 0 aliphatic carbocycles. The summed E-state index contributed by atoms with van der Waals surface area (Å²) in [6.07, 6.45) is -0.268. The van der Waals surface area contributed by atoms with Crippen molar-refractivity contribution < 1.29 is 13.2 Å². The first-order chi connectivity index (χ1) is 8.84. The van der Waals surface area contributed by atoms with Gasteiger partial charge in [-0.2, -0.15) is 9.40 Å². The number of morpholine rings is 1. The molecule has 0 bridgehead atoms. The molecule has 2 atom stereocenters. The lowest BCUT2D eigenvalue weighted by molar-refractivity contribution is -0.0120. The number of rotatable bonds is 3. The topological polar surface area (TPSA) is 101 Å². The Bertz CT molecular complexity index is 533. The monoisotopic (exact) mass is 288 g/mol. The number of ether oxygens (including phenoxy) is 1. The van der Waals surface area contributed by atoms with E-state index < -0.39 is 10.0 Å². The summed E-state index contributed by atoms with van der Waals surface area (Å²) in [5, 5.41) is 6.65. The van der Waals surface area contributed by atoms with E-state index in [4.69, 9.17) is 10.5 Å². The molecule has 8 heteroatoms. The van der Waals surface area contributed by atoms with Crippen molar-refractivity contribution in [1.82, 2.24) is 14.5 Å². The van der Waals surface area contributed by atoms with Crippen LogP contribution in [0.25, 0.3) is 0 Å². The molecule has 1 fully saturated rings. The molecule has 1 aromatic rings. The van der Waals surface area contributed by atoms with E-state index in [-0.39, 0.29) is 23.6 Å². The smallest absolute Gasteiger partial charge is 0.246 e. The Labute approximate surface area is 113 Å². The van der Waals surface area contributed by atoms with E-state index in [2.05, 4.69) is 10.2 Å². The Morgan fingerprint density at radius 1 is 1.53 bits per heavy atom. The fourth-order valence-electron chi connectivity index (χ4n) is 2.24. The number of aryl methyl sites for hydroxylation is 2. The van der Waals surface area contributed by atoms with Crippen LogP contribution in [0.2, 0.25) is 0 Å². The minimum Gasteiger partial charge on any atom is -0.374 e. The second-order valence-electron chi connectivity index (χ2n) is 4.89. The fourth-order valence-corrected chi connectivity index (χ4v) is 4.00. The van der Waals surface area contributed by atoms with Gasteiger partial charge in [-0.1, -0.05) is 0 Å². The van der Waals surface area contributed by atoms with Crippen molar-refractivity contribution in [2.24, 2.45) is 5.73 Å². The highest BCUT2D eigenvalue weighted by Crippen LogP contribution is 2.23. The van der Waals surface area contributed by atoms with Crippen LogP contribution in [0.15, 0.2) is 4.90 Å². The highest BCUT2D eigenvalue weighted by Gasteiger charge is 2.34. The number of sulfonamides is 1. The summed E-state index contributed by atoms with van der Waals surface area (Å²) in [7, 11) is -3.54. The molecule has 108 valence electrons. The number of hydrogen-bond donors (Lipinski definition) is 2. The van der Waals surface area contributed by atoms with Gasteiger partial charge in [0.2, 0.25) is 10.0 Å². The highest BCUT2D eigenvalue weighted by molar-refractivity contribution is 7.89. The van der Waals surface area contributed by atoms with Gasteiger partial charge in [-0.3, -0.25) is 5.10 Å². The van der Waals surface area contributed by atoms with Crippen LogP contribution in [0.3, 0.4) is 0 Å². The largest absolute Gasteiger partial charge is 0.374 e. The molecule has 1 aliphatic heterocycles. The summed E-state index contributed by atoms with van der Waals surface area (Å²) in [5.41, 5.74) is 6.83. The third-order valence-corrected chi connectivity index (χ3v) is 5.43. The van der Waals surface area contributed by atoms with Crippen molar-refractivity contribution in [2.75, 3.05) is 19.7 Å². The SMILES string of the molecule is Cc1n[nH]c(C)c1S(=O)(=O)N1CCOC(C(C)N)C1. The molecule has 19 heavy (non-hydrogen) atoms. The minimum absolute atomic E-state index is 0.204. The van der Waals surface area contributed by atoms with E-state index in [0.29, 0.717) is 24.5 Å². The van der Waals surface area contributed by atoms with Gasteiger partial charge >= 0.3 is 0 Å². The molecule has 1 aromatic heterocycles. The second kappa shape index (κ2) is 5.20. The molecule has 0 aromatic carbocycles. The van der Waals surface area contributed by atoms with Gasteiger partial charge in [-0.15, -0.1) is 0 Å². The molecule has 0 spiro atoms. The number of nitrogens with zero attached hydrogens (tertiary/aromatic N) is 2. The Hall–Kier alpha value is -0.960. The predicted octanol–water partition coefficient (Wildman–Crippen LogP) is -0.237. The van der Waals surface area contributed by atoms with Crippen molar-refractivity contribution >= 4 is 10.0 Å². The average Bonchev–Trinajstić information content (AvgIpc) is 2.69. The number of nitrogens with one attached hydrogen (secondary N) is 1. The summed E-state index contributed by atoms with van der Waals surface area (Å²) in [6, 6.07) is -0.204. The lowest BCUT2D eigenvalue weighted by atomic mass is 10.2. The molecule has 0 saturated carbocycles. The predicted molar refractivity (Wildman–Crippen MR) is 70.2 cm³/mol. The maximum absolute atomic E-state index is 12.6. The van der Waals surface area contributed by atoms with Crippen LogP contribution >= 0.6 is 0 Å². The molecule has 2 heterocycles. The maximum Gasteiger partial charge on any atom is 0.246 e.